The van der Waals surface area contributed by atoms with Crippen molar-refractivity contribution in [3.63, 3.8) is 0 Å². The predicted molar refractivity (Wildman–Crippen MR) is 61.9 cm³/mol. The number of hydrogen-bond acceptors (Lipinski definition) is 5. The van der Waals surface area contributed by atoms with Gasteiger partial charge in [0, 0.05) is 6.07 Å². The molecule has 0 bridgehead atoms. The molecule has 0 fully saturated rings. The summed E-state index contributed by atoms with van der Waals surface area (Å²) in [6, 6.07) is 6.03. The number of nitrogens with zero attached hydrogens (tertiary/aromatic N) is 2. The van der Waals surface area contributed by atoms with E-state index in [0.717, 1.165) is 13.0 Å². The van der Waals surface area contributed by atoms with Crippen LogP contribution in [0.2, 0.25) is 0 Å². The molecule has 0 radical (unpaired) electrons. The van der Waals surface area contributed by atoms with Crippen LogP contribution in [0.4, 0.5) is 5.69 Å². The summed E-state index contributed by atoms with van der Waals surface area (Å²) in [5, 5.41) is 22.4. The van der Waals surface area contributed by atoms with Crippen molar-refractivity contribution in [2.75, 3.05) is 20.2 Å². The first-order valence-corrected chi connectivity index (χ1v) is 5.15. The van der Waals surface area contributed by atoms with Crippen LogP contribution in [0.5, 0.6) is 5.75 Å². The van der Waals surface area contributed by atoms with Crippen molar-refractivity contribution < 1.29 is 9.66 Å². The summed E-state index contributed by atoms with van der Waals surface area (Å²) in [6.45, 7) is 1.18. The molecule has 0 aromatic heterocycles. The molecule has 1 N–H and O–H groups in total. The summed E-state index contributed by atoms with van der Waals surface area (Å²) >= 11 is 0. The second-order valence-corrected chi connectivity index (χ2v) is 3.36. The number of benzene rings is 1. The topological polar surface area (TPSA) is 88.2 Å². The molecule has 0 aliphatic heterocycles. The predicted octanol–water partition coefficient (Wildman–Crippen LogP) is 1.45. The number of rotatable bonds is 6. The van der Waals surface area contributed by atoms with Gasteiger partial charge in [0.15, 0.2) is 5.75 Å². The van der Waals surface area contributed by atoms with Crippen LogP contribution in [0, 0.1) is 21.4 Å². The zero-order valence-electron chi connectivity index (χ0n) is 9.47. The Morgan fingerprint density at radius 3 is 2.94 bits per heavy atom. The van der Waals surface area contributed by atoms with Gasteiger partial charge in [-0.05, 0) is 32.1 Å². The third kappa shape index (κ3) is 3.74. The summed E-state index contributed by atoms with van der Waals surface area (Å²) in [7, 11) is 1.82. The molecule has 1 aromatic carbocycles. The van der Waals surface area contributed by atoms with Crippen molar-refractivity contribution in [3.8, 4) is 11.8 Å². The Morgan fingerprint density at radius 1 is 1.59 bits per heavy atom. The minimum Gasteiger partial charge on any atom is -0.487 e. The molecule has 0 heterocycles. The van der Waals surface area contributed by atoms with Gasteiger partial charge in [-0.25, -0.2) is 0 Å². The highest BCUT2D eigenvalue weighted by Crippen LogP contribution is 2.27. The van der Waals surface area contributed by atoms with Crippen molar-refractivity contribution in [1.29, 1.82) is 5.26 Å². The van der Waals surface area contributed by atoms with Crippen LogP contribution in [0.25, 0.3) is 0 Å². The highest BCUT2D eigenvalue weighted by Gasteiger charge is 2.15. The van der Waals surface area contributed by atoms with E-state index in [2.05, 4.69) is 5.32 Å². The lowest BCUT2D eigenvalue weighted by atomic mass is 10.2. The highest BCUT2D eigenvalue weighted by molar-refractivity contribution is 5.51. The number of nitrogens with one attached hydrogen (secondary N) is 1. The molecule has 1 aromatic rings. The van der Waals surface area contributed by atoms with Crippen LogP contribution in [0.1, 0.15) is 12.0 Å². The van der Waals surface area contributed by atoms with Gasteiger partial charge in [0.05, 0.1) is 23.2 Å². The molecule has 0 aliphatic carbocycles. The average Bonchev–Trinajstić information content (AvgIpc) is 2.34. The smallest absolute Gasteiger partial charge is 0.312 e. The molecule has 17 heavy (non-hydrogen) atoms. The maximum Gasteiger partial charge on any atom is 0.312 e. The molecule has 6 heteroatoms. The minimum absolute atomic E-state index is 0.173. The molecule has 6 nitrogen and oxygen atoms in total. The van der Waals surface area contributed by atoms with E-state index in [9.17, 15) is 10.1 Å². The van der Waals surface area contributed by atoms with Gasteiger partial charge in [-0.1, -0.05) is 0 Å². The normalized spacial score (nSPS) is 9.65. The molecule has 90 valence electrons. The molecule has 1 rings (SSSR count). The van der Waals surface area contributed by atoms with Crippen molar-refractivity contribution in [2.24, 2.45) is 0 Å². The van der Waals surface area contributed by atoms with Gasteiger partial charge in [-0.15, -0.1) is 0 Å². The SMILES string of the molecule is CNCCCOc1ccc(C#N)cc1[N+](=O)[O-]. The fourth-order valence-corrected chi connectivity index (χ4v) is 1.28. The second-order valence-electron chi connectivity index (χ2n) is 3.36. The van der Waals surface area contributed by atoms with Gasteiger partial charge >= 0.3 is 5.69 Å². The quantitative estimate of drug-likeness (QED) is 0.458. The van der Waals surface area contributed by atoms with E-state index in [1.54, 1.807) is 0 Å². The van der Waals surface area contributed by atoms with E-state index in [0.29, 0.717) is 6.61 Å². The molecule has 0 aliphatic rings. The number of nitro benzene ring substituents is 1. The summed E-state index contributed by atoms with van der Waals surface area (Å²) in [4.78, 5) is 10.2. The molecular weight excluding hydrogens is 222 g/mol. The number of nitriles is 1. The lowest BCUT2D eigenvalue weighted by Crippen LogP contribution is -2.11. The van der Waals surface area contributed by atoms with Crippen molar-refractivity contribution in [2.45, 2.75) is 6.42 Å². The zero-order chi connectivity index (χ0) is 12.7. The molecule has 0 spiro atoms. The highest BCUT2D eigenvalue weighted by atomic mass is 16.6. The van der Waals surface area contributed by atoms with Crippen LogP contribution in [0.3, 0.4) is 0 Å². The Kier molecular flexibility index (Phi) is 4.91. The van der Waals surface area contributed by atoms with Gasteiger partial charge in [0.25, 0.3) is 0 Å². The second kappa shape index (κ2) is 6.45. The average molecular weight is 235 g/mol. The van der Waals surface area contributed by atoms with Crippen LogP contribution in [0.15, 0.2) is 18.2 Å². The fraction of sp³-hybridized carbons (Fsp3) is 0.364. The number of hydrogen-bond donors (Lipinski definition) is 1. The summed E-state index contributed by atoms with van der Waals surface area (Å²) in [5.74, 6) is 0.199. The van der Waals surface area contributed by atoms with Crippen LogP contribution in [-0.4, -0.2) is 25.1 Å². The monoisotopic (exact) mass is 235 g/mol. The van der Waals surface area contributed by atoms with Crippen LogP contribution >= 0.6 is 0 Å². The molecule has 0 saturated carbocycles. The molecule has 0 unspecified atom stereocenters. The fourth-order valence-electron chi connectivity index (χ4n) is 1.28. The van der Waals surface area contributed by atoms with E-state index >= 15 is 0 Å². The zero-order valence-corrected chi connectivity index (χ0v) is 9.47. The standard InChI is InChI=1S/C11H13N3O3/c1-13-5-2-6-17-11-4-3-9(8-12)7-10(11)14(15)16/h3-4,7,13H,2,5-6H2,1H3. The Bertz CT molecular complexity index is 440. The minimum atomic E-state index is -0.547. The van der Waals surface area contributed by atoms with E-state index in [-0.39, 0.29) is 17.0 Å². The van der Waals surface area contributed by atoms with E-state index in [4.69, 9.17) is 10.00 Å². The maximum absolute atomic E-state index is 10.8. The van der Waals surface area contributed by atoms with E-state index < -0.39 is 4.92 Å². The number of nitro groups is 1. The Hall–Kier alpha value is -2.13. The Morgan fingerprint density at radius 2 is 2.35 bits per heavy atom. The largest absolute Gasteiger partial charge is 0.487 e. The lowest BCUT2D eigenvalue weighted by molar-refractivity contribution is -0.385. The van der Waals surface area contributed by atoms with Gasteiger partial charge in [0.2, 0.25) is 0 Å². The van der Waals surface area contributed by atoms with Gasteiger partial charge < -0.3 is 10.1 Å². The molecule has 0 amide bonds. The first-order valence-electron chi connectivity index (χ1n) is 5.15. The third-order valence-electron chi connectivity index (χ3n) is 2.11. The first-order chi connectivity index (χ1) is 8.19. The van der Waals surface area contributed by atoms with Crippen molar-refractivity contribution in [1.82, 2.24) is 5.32 Å². The molecule has 0 atom stereocenters. The van der Waals surface area contributed by atoms with E-state index in [1.165, 1.54) is 18.2 Å². The molecule has 0 saturated heterocycles. The van der Waals surface area contributed by atoms with Gasteiger partial charge in [0.1, 0.15) is 0 Å². The van der Waals surface area contributed by atoms with Crippen LogP contribution in [-0.2, 0) is 0 Å². The summed E-state index contributed by atoms with van der Waals surface area (Å²) in [5.41, 5.74) is 0.0767. The van der Waals surface area contributed by atoms with Crippen LogP contribution < -0.4 is 10.1 Å². The summed E-state index contributed by atoms with van der Waals surface area (Å²) in [6.07, 6.45) is 0.758. The Balaban J connectivity index is 2.77. The third-order valence-corrected chi connectivity index (χ3v) is 2.11. The maximum atomic E-state index is 10.8. The Labute approximate surface area is 99.0 Å². The molecular formula is C11H13N3O3. The van der Waals surface area contributed by atoms with E-state index in [1.807, 2.05) is 13.1 Å². The van der Waals surface area contributed by atoms with Gasteiger partial charge in [-0.2, -0.15) is 5.26 Å². The lowest BCUT2D eigenvalue weighted by Gasteiger charge is -2.06. The van der Waals surface area contributed by atoms with Crippen molar-refractivity contribution >= 4 is 5.69 Å². The van der Waals surface area contributed by atoms with Gasteiger partial charge in [-0.3, -0.25) is 10.1 Å². The van der Waals surface area contributed by atoms with Crippen molar-refractivity contribution in [3.05, 3.63) is 33.9 Å². The summed E-state index contributed by atoms with van der Waals surface area (Å²) < 4.78 is 5.31. The number of ether oxygens (including phenoxy) is 1. The first kappa shape index (κ1) is 12.9.